The highest BCUT2D eigenvalue weighted by Crippen LogP contribution is 2.24. The predicted octanol–water partition coefficient (Wildman–Crippen LogP) is 25.3. The Morgan fingerprint density at radius 1 is 0.174 bits per heavy atom. The second kappa shape index (κ2) is 43.1. The van der Waals surface area contributed by atoms with Gasteiger partial charge in [-0.15, -0.1) is 0 Å². The highest BCUT2D eigenvalue weighted by Gasteiger charge is 2.11. The summed E-state index contributed by atoms with van der Waals surface area (Å²) < 4.78 is 0. The molecule has 0 unspecified atom stereocenters. The third-order valence-electron chi connectivity index (χ3n) is 16.0. The SMILES string of the molecule is C.C.C.C.C.C.C.C.C1=Cc2ccccc2C1.C1=Cc2ccccc2CC1.C1=Cc2ccccc2CCC1.c1ccc2c(c1)CC2.c1ccc2c(c1)CCC2.c1ccc2c(c1)CCCC2.c1ccc2c(c1)CCCCC2.c1ccc2ccccc2c1. The number of rotatable bonds is 0. The van der Waals surface area contributed by atoms with Gasteiger partial charge < -0.3 is 0 Å². The number of benzene rings is 9. The molecule has 0 saturated carbocycles. The smallest absolute Gasteiger partial charge is 0.00882 e. The number of hydrogen-bond donors (Lipinski definition) is 0. The van der Waals surface area contributed by atoms with E-state index >= 15 is 0 Å². The van der Waals surface area contributed by atoms with Crippen LogP contribution in [0.2, 0.25) is 0 Å². The minimum Gasteiger partial charge on any atom is -0.0839 e. The average Bonchev–Trinajstić information content (AvgIpc) is 4.26. The van der Waals surface area contributed by atoms with Crippen molar-refractivity contribution in [2.75, 3.05) is 0 Å². The van der Waals surface area contributed by atoms with Crippen molar-refractivity contribution in [1.82, 2.24) is 0 Å². The molecular weight excluding hydrogens is 1030 g/mol. The molecule has 458 valence electrons. The molecule has 0 atom stereocenters. The largest absolute Gasteiger partial charge is 0.0839 e. The molecule has 0 bridgehead atoms. The standard InChI is InChI=1S/C11H14.C11H12.C10H12.C10H10.C10H8.C9H10.C9H8.C8H8.8CH4/c2*1-2-6-10-8-4-5-9-11(10)7-3-1;3*1-2-6-10-8-4-3-7-9(10)5-1;2*1-2-5-9-7-3-6-8(9)4-1;1-2-4-8-6-5-7(8)3-1;;;;;;;;/h4-5,8-9H,1-3,6-7H2;2,4-6,8-9H,1,3,7H2;1-2,5-6H,3-4,7-8H2;1-3,5-7H,4,8H2;1-8H;1-2,4-5H,3,6-7H2;1-6H,7H2;1-4H,5-6H2;8*1H4. The molecule has 16 rings (SSSR count). The van der Waals surface area contributed by atoms with Crippen LogP contribution in [-0.2, 0) is 70.6 Å². The van der Waals surface area contributed by atoms with Crippen LogP contribution < -0.4 is 0 Å². The Morgan fingerprint density at radius 3 is 0.779 bits per heavy atom. The van der Waals surface area contributed by atoms with Gasteiger partial charge in [-0.1, -0.05) is 321 Å². The van der Waals surface area contributed by atoms with E-state index in [-0.39, 0.29) is 59.4 Å². The summed E-state index contributed by atoms with van der Waals surface area (Å²) in [6.45, 7) is 0. The molecule has 0 heterocycles. The predicted molar refractivity (Wildman–Crippen MR) is 392 cm³/mol. The number of fused-ring (bicyclic) bond motifs is 8. The Morgan fingerprint density at radius 2 is 0.430 bits per heavy atom. The summed E-state index contributed by atoms with van der Waals surface area (Å²) in [7, 11) is 0. The number of hydrogen-bond acceptors (Lipinski definition) is 0. The first-order valence-corrected chi connectivity index (χ1v) is 29.7. The molecule has 86 heavy (non-hydrogen) atoms. The van der Waals surface area contributed by atoms with E-state index in [2.05, 4.69) is 255 Å². The highest BCUT2D eigenvalue weighted by molar-refractivity contribution is 5.82. The molecule has 0 heteroatoms. The van der Waals surface area contributed by atoms with Crippen LogP contribution in [0.1, 0.15) is 195 Å². The van der Waals surface area contributed by atoms with Gasteiger partial charge in [0.15, 0.2) is 0 Å². The summed E-state index contributed by atoms with van der Waals surface area (Å²) >= 11 is 0. The lowest BCUT2D eigenvalue weighted by atomic mass is 9.89. The van der Waals surface area contributed by atoms with Crippen LogP contribution in [0, 0.1) is 0 Å². The van der Waals surface area contributed by atoms with Gasteiger partial charge in [-0.2, -0.15) is 0 Å². The fourth-order valence-electron chi connectivity index (χ4n) is 11.4. The zero-order chi connectivity index (χ0) is 53.1. The van der Waals surface area contributed by atoms with Crippen LogP contribution in [0.25, 0.3) is 29.0 Å². The van der Waals surface area contributed by atoms with Crippen LogP contribution in [0.5, 0.6) is 0 Å². The summed E-state index contributed by atoms with van der Waals surface area (Å²) in [4.78, 5) is 0. The third-order valence-corrected chi connectivity index (χ3v) is 16.0. The van der Waals surface area contributed by atoms with Crippen LogP contribution in [0.15, 0.2) is 237 Å². The van der Waals surface area contributed by atoms with Crippen molar-refractivity contribution in [1.29, 1.82) is 0 Å². The molecule has 0 amide bonds. The molecular formula is C86H114. The van der Waals surface area contributed by atoms with Crippen molar-refractivity contribution in [3.05, 3.63) is 315 Å². The van der Waals surface area contributed by atoms with Crippen LogP contribution in [0.3, 0.4) is 0 Å². The maximum absolute atomic E-state index is 2.28. The Hall–Kier alpha value is -7.54. The van der Waals surface area contributed by atoms with Gasteiger partial charge in [-0.3, -0.25) is 0 Å². The van der Waals surface area contributed by atoms with Gasteiger partial charge in [0.1, 0.15) is 0 Å². The second-order valence-electron chi connectivity index (χ2n) is 21.5. The zero-order valence-electron chi connectivity index (χ0n) is 46.4. The number of allylic oxidation sites excluding steroid dienone is 3. The molecule has 0 fully saturated rings. The monoisotopic (exact) mass is 1150 g/mol. The molecule has 0 spiro atoms. The van der Waals surface area contributed by atoms with Gasteiger partial charge in [0.25, 0.3) is 0 Å². The van der Waals surface area contributed by atoms with E-state index in [0.29, 0.717) is 0 Å². The molecule has 9 aromatic carbocycles. The van der Waals surface area contributed by atoms with Gasteiger partial charge in [0.2, 0.25) is 0 Å². The zero-order valence-corrected chi connectivity index (χ0v) is 46.4. The van der Waals surface area contributed by atoms with Crippen molar-refractivity contribution in [3.8, 4) is 0 Å². The van der Waals surface area contributed by atoms with Crippen molar-refractivity contribution in [2.45, 2.75) is 188 Å². The van der Waals surface area contributed by atoms with Crippen molar-refractivity contribution in [2.24, 2.45) is 0 Å². The van der Waals surface area contributed by atoms with Crippen LogP contribution in [-0.4, -0.2) is 0 Å². The van der Waals surface area contributed by atoms with E-state index < -0.39 is 0 Å². The van der Waals surface area contributed by atoms with Crippen molar-refractivity contribution in [3.63, 3.8) is 0 Å². The maximum Gasteiger partial charge on any atom is -0.00882 e. The molecule has 0 aromatic heterocycles. The van der Waals surface area contributed by atoms with Gasteiger partial charge in [0.05, 0.1) is 0 Å². The minimum absolute atomic E-state index is 0. The first-order chi connectivity index (χ1) is 38.7. The van der Waals surface area contributed by atoms with E-state index in [1.165, 1.54) is 166 Å². The lowest BCUT2D eigenvalue weighted by Crippen LogP contribution is -2.06. The molecule has 7 aliphatic carbocycles. The summed E-state index contributed by atoms with van der Waals surface area (Å²) in [6.07, 6.45) is 39.4. The minimum atomic E-state index is 0. The van der Waals surface area contributed by atoms with Gasteiger partial charge in [-0.25, -0.2) is 0 Å². The Kier molecular flexibility index (Phi) is 38.4. The van der Waals surface area contributed by atoms with E-state index in [9.17, 15) is 0 Å². The molecule has 0 radical (unpaired) electrons. The second-order valence-corrected chi connectivity index (χ2v) is 21.5. The van der Waals surface area contributed by atoms with Crippen molar-refractivity contribution >= 4 is 29.0 Å². The Bertz CT molecular complexity index is 3150. The molecule has 7 aliphatic rings. The lowest BCUT2D eigenvalue weighted by Gasteiger charge is -2.16. The topological polar surface area (TPSA) is 0 Å². The maximum atomic E-state index is 2.28. The average molecular weight is 1150 g/mol. The first-order valence-electron chi connectivity index (χ1n) is 29.7. The fraction of sp³-hybridized carbons (Fsp3) is 0.326. The van der Waals surface area contributed by atoms with E-state index in [1.807, 2.05) is 0 Å². The first kappa shape index (κ1) is 76.5. The lowest BCUT2D eigenvalue weighted by molar-refractivity contribution is 0.685. The fourth-order valence-corrected chi connectivity index (χ4v) is 11.4. The summed E-state index contributed by atoms with van der Waals surface area (Å²) in [5.41, 5.74) is 21.2. The van der Waals surface area contributed by atoms with Crippen LogP contribution in [0.4, 0.5) is 0 Å². The third kappa shape index (κ3) is 24.1. The Balaban J connectivity index is 0.000000486. The Labute approximate surface area is 528 Å². The number of aryl methyl sites for hydroxylation is 10. The summed E-state index contributed by atoms with van der Waals surface area (Å²) in [5, 5.41) is 2.62. The van der Waals surface area contributed by atoms with Gasteiger partial charge in [0, 0.05) is 0 Å². The van der Waals surface area contributed by atoms with Gasteiger partial charge in [-0.05, 0) is 211 Å². The highest BCUT2D eigenvalue weighted by atomic mass is 14.2. The van der Waals surface area contributed by atoms with E-state index in [4.69, 9.17) is 0 Å². The molecule has 0 aliphatic heterocycles. The van der Waals surface area contributed by atoms with Crippen molar-refractivity contribution < 1.29 is 0 Å². The molecule has 0 nitrogen and oxygen atoms in total. The quantitative estimate of drug-likeness (QED) is 0.133. The molecule has 0 N–H and O–H groups in total. The summed E-state index contributed by atoms with van der Waals surface area (Å²) in [6, 6.07) is 77.5. The normalized spacial score (nSPS) is 13.4. The summed E-state index contributed by atoms with van der Waals surface area (Å²) in [5.74, 6) is 0. The van der Waals surface area contributed by atoms with E-state index in [0.717, 1.165) is 6.42 Å². The van der Waals surface area contributed by atoms with Crippen LogP contribution >= 0.6 is 0 Å². The van der Waals surface area contributed by atoms with E-state index in [1.54, 1.807) is 44.5 Å². The molecule has 0 saturated heterocycles. The molecule has 9 aromatic rings. The van der Waals surface area contributed by atoms with Gasteiger partial charge >= 0.3 is 0 Å².